The molecule has 0 N–H and O–H groups in total. The van der Waals surface area contributed by atoms with Gasteiger partial charge < -0.3 is 9.31 Å². The van der Waals surface area contributed by atoms with Crippen LogP contribution < -0.4 is 0 Å². The van der Waals surface area contributed by atoms with E-state index < -0.39 is 0 Å². The maximum absolute atomic E-state index is 6.37. The van der Waals surface area contributed by atoms with Crippen molar-refractivity contribution >= 4 is 7.12 Å². The summed E-state index contributed by atoms with van der Waals surface area (Å²) < 4.78 is 12.6. The minimum absolute atomic E-state index is 0.0389. The van der Waals surface area contributed by atoms with Crippen LogP contribution in [-0.2, 0) is 9.31 Å². The zero-order valence-electron chi connectivity index (χ0n) is 13.7. The molecule has 0 aromatic rings. The zero-order chi connectivity index (χ0) is 14.4. The van der Waals surface area contributed by atoms with Crippen LogP contribution in [0, 0.1) is 23.6 Å². The van der Waals surface area contributed by atoms with E-state index in [0.29, 0.717) is 17.4 Å². The Kier molecular flexibility index (Phi) is 3.96. The minimum atomic E-state index is -0.0539. The van der Waals surface area contributed by atoms with Gasteiger partial charge in [-0.25, -0.2) is 0 Å². The molecule has 3 saturated carbocycles. The Bertz CT molecular complexity index is 357. The van der Waals surface area contributed by atoms with Crippen LogP contribution in [0.1, 0.15) is 72.6 Å². The van der Waals surface area contributed by atoms with E-state index in [1.807, 2.05) is 0 Å². The molecule has 1 aliphatic heterocycles. The van der Waals surface area contributed by atoms with Crippen molar-refractivity contribution in [2.45, 2.75) is 84.3 Å². The van der Waals surface area contributed by atoms with Crippen LogP contribution in [0.25, 0.3) is 0 Å². The highest BCUT2D eigenvalue weighted by Crippen LogP contribution is 2.65. The van der Waals surface area contributed by atoms with Crippen LogP contribution >= 0.6 is 0 Å². The van der Waals surface area contributed by atoms with E-state index >= 15 is 0 Å². The molecule has 2 bridgehead atoms. The molecule has 113 valence electrons. The lowest BCUT2D eigenvalue weighted by atomic mass is 9.43. The van der Waals surface area contributed by atoms with E-state index in [4.69, 9.17) is 9.31 Å². The van der Waals surface area contributed by atoms with Gasteiger partial charge in [-0.05, 0) is 43.3 Å². The summed E-state index contributed by atoms with van der Waals surface area (Å²) in [6.07, 6.45) is 11.5. The molecule has 4 atom stereocenters. The van der Waals surface area contributed by atoms with Crippen molar-refractivity contribution in [1.29, 1.82) is 0 Å². The smallest absolute Gasteiger partial charge is 0.405 e. The van der Waals surface area contributed by atoms with E-state index in [1.54, 1.807) is 0 Å². The van der Waals surface area contributed by atoms with Gasteiger partial charge >= 0.3 is 7.12 Å². The van der Waals surface area contributed by atoms with Crippen molar-refractivity contribution in [3.8, 4) is 0 Å². The largest absolute Gasteiger partial charge is 0.460 e. The fraction of sp³-hybridized carbons (Fsp3) is 0.941. The second-order valence-corrected chi connectivity index (χ2v) is 7.92. The first-order valence-corrected chi connectivity index (χ1v) is 8.65. The summed E-state index contributed by atoms with van der Waals surface area (Å²) in [4.78, 5) is 0. The van der Waals surface area contributed by atoms with Crippen molar-refractivity contribution in [3.63, 3.8) is 0 Å². The second kappa shape index (κ2) is 5.32. The van der Waals surface area contributed by atoms with Crippen LogP contribution in [0.5, 0.6) is 0 Å². The highest BCUT2D eigenvalue weighted by molar-refractivity contribution is 6.49. The third-order valence-electron chi connectivity index (χ3n) is 6.39. The van der Waals surface area contributed by atoms with E-state index in [0.717, 1.165) is 12.3 Å². The predicted octanol–water partition coefficient (Wildman–Crippen LogP) is 4.43. The van der Waals surface area contributed by atoms with Gasteiger partial charge in [0, 0.05) is 0 Å². The third kappa shape index (κ3) is 2.25. The molecule has 1 heterocycles. The Balaban J connectivity index is 1.51. The first-order chi connectivity index (χ1) is 9.48. The van der Waals surface area contributed by atoms with Gasteiger partial charge in [0.2, 0.25) is 0 Å². The topological polar surface area (TPSA) is 18.5 Å². The summed E-state index contributed by atoms with van der Waals surface area (Å²) in [6.45, 7) is 9.38. The van der Waals surface area contributed by atoms with E-state index in [2.05, 4.69) is 34.0 Å². The normalized spacial score (nSPS) is 41.4. The van der Waals surface area contributed by atoms with Gasteiger partial charge in [0.15, 0.2) is 0 Å². The Morgan fingerprint density at radius 1 is 1.15 bits per heavy atom. The van der Waals surface area contributed by atoms with Crippen molar-refractivity contribution in [1.82, 2.24) is 0 Å². The molecule has 0 unspecified atom stereocenters. The molecule has 1 saturated heterocycles. The van der Waals surface area contributed by atoms with Crippen LogP contribution in [0.3, 0.4) is 0 Å². The van der Waals surface area contributed by atoms with Crippen LogP contribution in [-0.4, -0.2) is 18.8 Å². The van der Waals surface area contributed by atoms with E-state index in [1.165, 1.54) is 38.5 Å². The molecular formula is C17H30BO2. The SMILES string of the molecule is CCCCCC[CH]B1O[C@@H]2C[C@@H]3C[C@@H](C3(C)C)[C@]2(C)O1. The summed E-state index contributed by atoms with van der Waals surface area (Å²) in [5, 5.41) is 0. The van der Waals surface area contributed by atoms with E-state index in [9.17, 15) is 0 Å². The minimum Gasteiger partial charge on any atom is -0.405 e. The summed E-state index contributed by atoms with van der Waals surface area (Å²) in [7, 11) is -0.0539. The summed E-state index contributed by atoms with van der Waals surface area (Å²) in [5.41, 5.74) is 0.410. The van der Waals surface area contributed by atoms with Gasteiger partial charge in [-0.15, -0.1) is 0 Å². The molecule has 4 fully saturated rings. The Morgan fingerprint density at radius 3 is 2.65 bits per heavy atom. The highest BCUT2D eigenvalue weighted by Gasteiger charge is 2.67. The Morgan fingerprint density at radius 2 is 1.95 bits per heavy atom. The van der Waals surface area contributed by atoms with E-state index in [-0.39, 0.29) is 12.7 Å². The fourth-order valence-electron chi connectivity index (χ4n) is 4.82. The average molecular weight is 277 g/mol. The van der Waals surface area contributed by atoms with Gasteiger partial charge in [-0.1, -0.05) is 52.9 Å². The first kappa shape index (κ1) is 14.9. The van der Waals surface area contributed by atoms with Gasteiger partial charge in [-0.2, -0.15) is 0 Å². The van der Waals surface area contributed by atoms with Gasteiger partial charge in [0.1, 0.15) is 0 Å². The summed E-state index contributed by atoms with van der Waals surface area (Å²) in [6, 6.07) is 0. The monoisotopic (exact) mass is 277 g/mol. The molecule has 0 amide bonds. The standard InChI is InChI=1S/C17H30BO2/c1-5-6-7-8-9-10-18-19-15-12-13-11-14(16(13,2)3)17(15,4)20-18/h10,13-15H,5-9,11-12H2,1-4H3/t13-,14-,15+,17-/m0/s1. The molecule has 4 aliphatic rings. The molecule has 0 aromatic heterocycles. The lowest BCUT2D eigenvalue weighted by Crippen LogP contribution is -2.65. The summed E-state index contributed by atoms with van der Waals surface area (Å²) >= 11 is 0. The molecule has 2 nitrogen and oxygen atoms in total. The lowest BCUT2D eigenvalue weighted by Gasteiger charge is -2.64. The molecule has 4 rings (SSSR count). The first-order valence-electron chi connectivity index (χ1n) is 8.65. The molecule has 20 heavy (non-hydrogen) atoms. The van der Waals surface area contributed by atoms with Crippen LogP contribution in [0.15, 0.2) is 0 Å². The quantitative estimate of drug-likeness (QED) is 0.528. The van der Waals surface area contributed by atoms with Crippen LogP contribution in [0.4, 0.5) is 0 Å². The maximum Gasteiger partial charge on any atom is 0.460 e. The number of hydrogen-bond acceptors (Lipinski definition) is 2. The molecule has 0 aromatic carbocycles. The molecular weight excluding hydrogens is 247 g/mol. The van der Waals surface area contributed by atoms with Gasteiger partial charge in [0.05, 0.1) is 11.7 Å². The molecule has 3 aliphatic carbocycles. The number of unbranched alkanes of at least 4 members (excludes halogenated alkanes) is 4. The van der Waals surface area contributed by atoms with Gasteiger partial charge in [-0.3, -0.25) is 0 Å². The van der Waals surface area contributed by atoms with Gasteiger partial charge in [0.25, 0.3) is 0 Å². The Labute approximate surface area is 125 Å². The summed E-state index contributed by atoms with van der Waals surface area (Å²) in [5.74, 6) is 1.52. The van der Waals surface area contributed by atoms with Crippen molar-refractivity contribution in [3.05, 3.63) is 6.32 Å². The lowest BCUT2D eigenvalue weighted by molar-refractivity contribution is -0.199. The third-order valence-corrected chi connectivity index (χ3v) is 6.39. The number of rotatable bonds is 6. The van der Waals surface area contributed by atoms with Crippen LogP contribution in [0.2, 0.25) is 0 Å². The Hall–Kier alpha value is -0.0151. The average Bonchev–Trinajstić information content (AvgIpc) is 2.74. The maximum atomic E-state index is 6.37. The molecule has 3 heteroatoms. The molecule has 0 spiro atoms. The zero-order valence-corrected chi connectivity index (χ0v) is 13.7. The predicted molar refractivity (Wildman–Crippen MR) is 83.2 cm³/mol. The van der Waals surface area contributed by atoms with Crippen molar-refractivity contribution in [2.24, 2.45) is 17.3 Å². The second-order valence-electron chi connectivity index (χ2n) is 7.92. The van der Waals surface area contributed by atoms with Crippen molar-refractivity contribution in [2.75, 3.05) is 0 Å². The van der Waals surface area contributed by atoms with Crippen molar-refractivity contribution < 1.29 is 9.31 Å². The highest BCUT2D eigenvalue weighted by atomic mass is 16.7. The fourth-order valence-corrected chi connectivity index (χ4v) is 4.82. The number of hydrogen-bond donors (Lipinski definition) is 0. The molecule has 1 radical (unpaired) electrons.